The van der Waals surface area contributed by atoms with Gasteiger partial charge in [-0.2, -0.15) is 0 Å². The molecule has 1 fully saturated rings. The Hall–Kier alpha value is -0.560. The molecule has 0 aromatic heterocycles. The van der Waals surface area contributed by atoms with Crippen LogP contribution in [0.2, 0.25) is 0 Å². The minimum atomic E-state index is 0.843. The average molecular weight is 219 g/mol. The third-order valence-electron chi connectivity index (χ3n) is 4.07. The Morgan fingerprint density at radius 2 is 2.06 bits per heavy atom. The fraction of sp³-hybridized carbons (Fsp3) is 0.733. The lowest BCUT2D eigenvalue weighted by Crippen LogP contribution is -2.33. The minimum Gasteiger partial charge on any atom is -0.304 e. The second-order valence-electron chi connectivity index (χ2n) is 5.30. The summed E-state index contributed by atoms with van der Waals surface area (Å²) >= 11 is 0. The normalized spacial score (nSPS) is 24.9. The first-order valence-electron chi connectivity index (χ1n) is 6.89. The number of hydrogen-bond acceptors (Lipinski definition) is 1. The minimum absolute atomic E-state index is 0.843. The van der Waals surface area contributed by atoms with Crippen LogP contribution in [0, 0.1) is 5.92 Å². The van der Waals surface area contributed by atoms with Crippen molar-refractivity contribution in [3.63, 3.8) is 0 Å². The second-order valence-corrected chi connectivity index (χ2v) is 5.30. The van der Waals surface area contributed by atoms with Gasteiger partial charge < -0.3 is 4.90 Å². The lowest BCUT2D eigenvalue weighted by molar-refractivity contribution is 0.209. The van der Waals surface area contributed by atoms with Crippen molar-refractivity contribution in [2.24, 2.45) is 5.92 Å². The molecular weight excluding hydrogens is 194 g/mol. The van der Waals surface area contributed by atoms with Crippen molar-refractivity contribution in [1.29, 1.82) is 0 Å². The monoisotopic (exact) mass is 219 g/mol. The molecule has 1 aliphatic heterocycles. The van der Waals surface area contributed by atoms with Gasteiger partial charge in [0.05, 0.1) is 0 Å². The van der Waals surface area contributed by atoms with Gasteiger partial charge >= 0.3 is 0 Å². The molecule has 90 valence electrons. The molecule has 0 saturated carbocycles. The smallest absolute Gasteiger partial charge is 0.00130 e. The predicted octanol–water partition coefficient (Wildman–Crippen LogP) is 3.77. The van der Waals surface area contributed by atoms with Crippen LogP contribution in [-0.2, 0) is 0 Å². The summed E-state index contributed by atoms with van der Waals surface area (Å²) in [5.74, 6) is 0.843. The van der Waals surface area contributed by atoms with E-state index >= 15 is 0 Å². The van der Waals surface area contributed by atoms with E-state index in [0.29, 0.717) is 0 Å². The summed E-state index contributed by atoms with van der Waals surface area (Å²) < 4.78 is 0. The van der Waals surface area contributed by atoms with Gasteiger partial charge in [0.2, 0.25) is 0 Å². The van der Waals surface area contributed by atoms with E-state index in [1.165, 1.54) is 51.7 Å². The fourth-order valence-electron chi connectivity index (χ4n) is 2.93. The first kappa shape index (κ1) is 11.9. The summed E-state index contributed by atoms with van der Waals surface area (Å²) in [6.07, 6.45) is 11.6. The van der Waals surface area contributed by atoms with Crippen LogP contribution in [0.1, 0.15) is 46.0 Å². The topological polar surface area (TPSA) is 3.24 Å². The van der Waals surface area contributed by atoms with E-state index < -0.39 is 0 Å². The summed E-state index contributed by atoms with van der Waals surface area (Å²) in [5.41, 5.74) is 3.23. The average Bonchev–Trinajstić information content (AvgIpc) is 2.54. The first-order valence-corrected chi connectivity index (χ1v) is 6.89. The number of allylic oxidation sites excluding steroid dienone is 4. The number of nitrogens with zero attached hydrogens (tertiary/aromatic N) is 1. The van der Waals surface area contributed by atoms with Gasteiger partial charge in [-0.3, -0.25) is 0 Å². The molecule has 2 rings (SSSR count). The van der Waals surface area contributed by atoms with Gasteiger partial charge in [0.15, 0.2) is 0 Å². The number of hydrogen-bond donors (Lipinski definition) is 0. The molecular formula is C15H25N. The molecule has 0 bridgehead atoms. The molecule has 0 radical (unpaired) electrons. The summed E-state index contributed by atoms with van der Waals surface area (Å²) in [7, 11) is 0. The molecule has 16 heavy (non-hydrogen) atoms. The van der Waals surface area contributed by atoms with Crippen molar-refractivity contribution in [3.8, 4) is 0 Å². The van der Waals surface area contributed by atoms with Gasteiger partial charge in [0.25, 0.3) is 0 Å². The Bertz CT molecular complexity index is 280. The summed E-state index contributed by atoms with van der Waals surface area (Å²) in [5, 5.41) is 0. The molecule has 0 unspecified atom stereocenters. The zero-order valence-electron chi connectivity index (χ0n) is 10.8. The van der Waals surface area contributed by atoms with E-state index in [0.717, 1.165) is 5.92 Å². The highest BCUT2D eigenvalue weighted by Gasteiger charge is 2.20. The van der Waals surface area contributed by atoms with Crippen LogP contribution in [-0.4, -0.2) is 24.5 Å². The van der Waals surface area contributed by atoms with Crippen LogP contribution in [0.5, 0.6) is 0 Å². The van der Waals surface area contributed by atoms with Crippen LogP contribution in [0.15, 0.2) is 23.3 Å². The molecule has 0 aromatic rings. The third-order valence-corrected chi connectivity index (χ3v) is 4.07. The second kappa shape index (κ2) is 5.67. The maximum Gasteiger partial charge on any atom is -0.00130 e. The molecule has 2 aliphatic rings. The highest BCUT2D eigenvalue weighted by molar-refractivity contribution is 5.27. The molecule has 0 N–H and O–H groups in total. The molecule has 0 spiro atoms. The molecule has 0 amide bonds. The molecule has 1 saturated heterocycles. The van der Waals surface area contributed by atoms with Gasteiger partial charge in [-0.15, -0.1) is 0 Å². The van der Waals surface area contributed by atoms with Crippen molar-refractivity contribution in [2.75, 3.05) is 19.6 Å². The third kappa shape index (κ3) is 2.98. The van der Waals surface area contributed by atoms with Gasteiger partial charge in [-0.1, -0.05) is 24.6 Å². The Balaban J connectivity index is 1.97. The highest BCUT2D eigenvalue weighted by atomic mass is 15.1. The number of piperidine rings is 1. The molecule has 0 atom stereocenters. The standard InChI is InChI=1S/C15H25N/c1-3-16-10-8-14(9-11-16)15-7-5-4-6-13(2)12-15/h7,12,14H,3-6,8-11H2,1-2H3. The zero-order valence-corrected chi connectivity index (χ0v) is 10.8. The maximum atomic E-state index is 2.57. The first-order chi connectivity index (χ1) is 7.79. The Kier molecular flexibility index (Phi) is 4.22. The Morgan fingerprint density at radius 3 is 2.75 bits per heavy atom. The van der Waals surface area contributed by atoms with Gasteiger partial charge in [-0.25, -0.2) is 0 Å². The van der Waals surface area contributed by atoms with Gasteiger partial charge in [0, 0.05) is 0 Å². The van der Waals surface area contributed by atoms with Crippen LogP contribution < -0.4 is 0 Å². The fourth-order valence-corrected chi connectivity index (χ4v) is 2.93. The molecule has 1 nitrogen and oxygen atoms in total. The van der Waals surface area contributed by atoms with Crippen molar-refractivity contribution >= 4 is 0 Å². The van der Waals surface area contributed by atoms with Crippen LogP contribution >= 0.6 is 0 Å². The molecule has 1 heteroatoms. The summed E-state index contributed by atoms with van der Waals surface area (Å²) in [6.45, 7) is 8.38. The highest BCUT2D eigenvalue weighted by Crippen LogP contribution is 2.29. The van der Waals surface area contributed by atoms with E-state index in [1.807, 2.05) is 0 Å². The van der Waals surface area contributed by atoms with Crippen LogP contribution in [0.4, 0.5) is 0 Å². The predicted molar refractivity (Wildman–Crippen MR) is 70.5 cm³/mol. The van der Waals surface area contributed by atoms with Crippen LogP contribution in [0.25, 0.3) is 0 Å². The number of rotatable bonds is 2. The molecule has 1 aliphatic carbocycles. The molecule has 0 aromatic carbocycles. The van der Waals surface area contributed by atoms with E-state index in [9.17, 15) is 0 Å². The lowest BCUT2D eigenvalue weighted by Gasteiger charge is -2.31. The lowest BCUT2D eigenvalue weighted by atomic mass is 9.88. The SMILES string of the molecule is CCN1CCC(C2=CCCCC(C)=C2)CC1. The van der Waals surface area contributed by atoms with Crippen molar-refractivity contribution in [2.45, 2.75) is 46.0 Å². The van der Waals surface area contributed by atoms with E-state index in [-0.39, 0.29) is 0 Å². The van der Waals surface area contributed by atoms with Crippen molar-refractivity contribution in [3.05, 3.63) is 23.3 Å². The van der Waals surface area contributed by atoms with Crippen LogP contribution in [0.3, 0.4) is 0 Å². The maximum absolute atomic E-state index is 2.57. The van der Waals surface area contributed by atoms with Gasteiger partial charge in [-0.05, 0) is 70.2 Å². The van der Waals surface area contributed by atoms with E-state index in [2.05, 4.69) is 30.9 Å². The molecule has 1 heterocycles. The van der Waals surface area contributed by atoms with E-state index in [1.54, 1.807) is 11.1 Å². The summed E-state index contributed by atoms with van der Waals surface area (Å²) in [4.78, 5) is 2.57. The Morgan fingerprint density at radius 1 is 1.31 bits per heavy atom. The number of likely N-dealkylation sites (tertiary alicyclic amines) is 1. The van der Waals surface area contributed by atoms with Gasteiger partial charge in [0.1, 0.15) is 0 Å². The largest absolute Gasteiger partial charge is 0.304 e. The summed E-state index contributed by atoms with van der Waals surface area (Å²) in [6, 6.07) is 0. The quantitative estimate of drug-likeness (QED) is 0.683. The van der Waals surface area contributed by atoms with Crippen molar-refractivity contribution < 1.29 is 0 Å². The van der Waals surface area contributed by atoms with E-state index in [4.69, 9.17) is 0 Å². The Labute approximate surface area is 100 Å². The van der Waals surface area contributed by atoms with Crippen molar-refractivity contribution in [1.82, 2.24) is 4.90 Å². The zero-order chi connectivity index (χ0) is 11.4.